The molecule has 0 radical (unpaired) electrons. The maximum atomic E-state index is 10.8. The van der Waals surface area contributed by atoms with Crippen molar-refractivity contribution >= 4 is 5.69 Å². The molecule has 0 saturated heterocycles. The van der Waals surface area contributed by atoms with Gasteiger partial charge in [-0.05, 0) is 42.0 Å². The van der Waals surface area contributed by atoms with Crippen molar-refractivity contribution in [2.45, 2.75) is 6.61 Å². The fraction of sp³-hybridized carbons (Fsp3) is 0.280. The van der Waals surface area contributed by atoms with Crippen LogP contribution in [-0.4, -0.2) is 45.4 Å². The van der Waals surface area contributed by atoms with Crippen LogP contribution >= 0.6 is 0 Å². The van der Waals surface area contributed by atoms with Crippen LogP contribution < -0.4 is 29.0 Å². The molecule has 3 rings (SSSR count). The molecule has 34 heavy (non-hydrogen) atoms. The summed E-state index contributed by atoms with van der Waals surface area (Å²) in [6.45, 7) is 2.38. The maximum Gasteiger partial charge on any atom is 0.269 e. The third kappa shape index (κ3) is 7.01. The Kier molecular flexibility index (Phi) is 9.36. The molecule has 0 unspecified atom stereocenters. The molecular formula is C25H28N2O7. The lowest BCUT2D eigenvalue weighted by Crippen LogP contribution is -2.26. The van der Waals surface area contributed by atoms with Crippen molar-refractivity contribution in [3.63, 3.8) is 0 Å². The molecule has 0 aliphatic carbocycles. The summed E-state index contributed by atoms with van der Waals surface area (Å²) in [5, 5.41) is 14.0. The first-order valence-corrected chi connectivity index (χ1v) is 10.7. The van der Waals surface area contributed by atoms with Gasteiger partial charge in [-0.15, -0.1) is 0 Å². The normalized spacial score (nSPS) is 10.4. The van der Waals surface area contributed by atoms with E-state index < -0.39 is 4.92 Å². The van der Waals surface area contributed by atoms with Crippen LogP contribution in [0.15, 0.2) is 66.7 Å². The van der Waals surface area contributed by atoms with Gasteiger partial charge in [0.05, 0.1) is 19.1 Å². The van der Waals surface area contributed by atoms with Crippen molar-refractivity contribution in [3.8, 4) is 28.7 Å². The zero-order chi connectivity index (χ0) is 24.2. The van der Waals surface area contributed by atoms with Gasteiger partial charge in [-0.3, -0.25) is 10.1 Å². The number of rotatable bonds is 14. The van der Waals surface area contributed by atoms with Gasteiger partial charge in [-0.25, -0.2) is 0 Å². The predicted octanol–water partition coefficient (Wildman–Crippen LogP) is 4.24. The van der Waals surface area contributed by atoms with Crippen molar-refractivity contribution in [1.82, 2.24) is 5.32 Å². The highest BCUT2D eigenvalue weighted by atomic mass is 16.6. The summed E-state index contributed by atoms with van der Waals surface area (Å²) < 4.78 is 28.2. The Morgan fingerprint density at radius 3 is 1.88 bits per heavy atom. The predicted molar refractivity (Wildman–Crippen MR) is 127 cm³/mol. The first kappa shape index (κ1) is 24.7. The van der Waals surface area contributed by atoms with Crippen LogP contribution in [0.3, 0.4) is 0 Å². The van der Waals surface area contributed by atoms with Gasteiger partial charge < -0.3 is 29.0 Å². The highest BCUT2D eigenvalue weighted by Crippen LogP contribution is 2.36. The zero-order valence-electron chi connectivity index (χ0n) is 19.2. The standard InChI is InChI=1S/C25H28N2O7/c1-30-23-8-5-9-24(31-2)25(23)33-17-15-26-14-16-32-21-6-3-4-7-22(21)34-18-19-10-12-20(13-11-19)27(28)29/h3-13,26H,14-18H2,1-2H3. The Balaban J connectivity index is 1.40. The Labute approximate surface area is 198 Å². The van der Waals surface area contributed by atoms with E-state index >= 15 is 0 Å². The summed E-state index contributed by atoms with van der Waals surface area (Å²) in [5.41, 5.74) is 0.876. The summed E-state index contributed by atoms with van der Waals surface area (Å²) in [6, 6.07) is 19.1. The molecule has 0 bridgehead atoms. The number of hydrogen-bond donors (Lipinski definition) is 1. The number of nitro benzene ring substituents is 1. The Morgan fingerprint density at radius 1 is 0.735 bits per heavy atom. The van der Waals surface area contributed by atoms with Crippen LogP contribution in [-0.2, 0) is 6.61 Å². The maximum absolute atomic E-state index is 10.8. The van der Waals surface area contributed by atoms with E-state index in [1.54, 1.807) is 26.4 Å². The smallest absolute Gasteiger partial charge is 0.269 e. The summed E-state index contributed by atoms with van der Waals surface area (Å²) >= 11 is 0. The van der Waals surface area contributed by atoms with Gasteiger partial charge in [0.2, 0.25) is 5.75 Å². The molecule has 180 valence electrons. The van der Waals surface area contributed by atoms with Crippen molar-refractivity contribution in [2.24, 2.45) is 0 Å². The highest BCUT2D eigenvalue weighted by Gasteiger charge is 2.11. The second kappa shape index (κ2) is 12.9. The molecule has 0 aliphatic rings. The Hall–Kier alpha value is -3.98. The minimum absolute atomic E-state index is 0.0485. The number of ether oxygens (including phenoxy) is 5. The molecule has 0 amide bonds. The van der Waals surface area contributed by atoms with Crippen molar-refractivity contribution < 1.29 is 28.6 Å². The van der Waals surface area contributed by atoms with E-state index in [0.29, 0.717) is 55.1 Å². The molecule has 9 heteroatoms. The van der Waals surface area contributed by atoms with Crippen LogP contribution in [0.25, 0.3) is 0 Å². The molecule has 3 aromatic carbocycles. The van der Waals surface area contributed by atoms with Gasteiger partial charge in [0.25, 0.3) is 5.69 Å². The SMILES string of the molecule is COc1cccc(OC)c1OCCNCCOc1ccccc1OCc1ccc([N+](=O)[O-])cc1. The topological polar surface area (TPSA) is 101 Å². The quantitative estimate of drug-likeness (QED) is 0.213. The van der Waals surface area contributed by atoms with Gasteiger partial charge in [-0.2, -0.15) is 0 Å². The molecule has 3 aromatic rings. The second-order valence-electron chi connectivity index (χ2n) is 7.10. The fourth-order valence-electron chi connectivity index (χ4n) is 3.11. The molecule has 0 fully saturated rings. The lowest BCUT2D eigenvalue weighted by atomic mass is 10.2. The molecule has 0 saturated carbocycles. The summed E-state index contributed by atoms with van der Waals surface area (Å²) in [4.78, 5) is 10.3. The highest BCUT2D eigenvalue weighted by molar-refractivity contribution is 5.51. The van der Waals surface area contributed by atoms with Crippen LogP contribution in [0.1, 0.15) is 5.56 Å². The monoisotopic (exact) mass is 468 g/mol. The first-order valence-electron chi connectivity index (χ1n) is 10.7. The van der Waals surface area contributed by atoms with E-state index in [4.69, 9.17) is 23.7 Å². The largest absolute Gasteiger partial charge is 0.493 e. The van der Waals surface area contributed by atoms with Crippen LogP contribution in [0.4, 0.5) is 5.69 Å². The first-order chi connectivity index (χ1) is 16.6. The van der Waals surface area contributed by atoms with Crippen molar-refractivity contribution in [3.05, 3.63) is 82.4 Å². The average Bonchev–Trinajstić information content (AvgIpc) is 2.87. The Bertz CT molecular complexity index is 1040. The Morgan fingerprint density at radius 2 is 1.29 bits per heavy atom. The van der Waals surface area contributed by atoms with Crippen LogP contribution in [0.5, 0.6) is 28.7 Å². The van der Waals surface area contributed by atoms with Gasteiger partial charge >= 0.3 is 0 Å². The fourth-order valence-corrected chi connectivity index (χ4v) is 3.11. The lowest BCUT2D eigenvalue weighted by molar-refractivity contribution is -0.384. The number of hydrogen-bond acceptors (Lipinski definition) is 8. The van der Waals surface area contributed by atoms with E-state index in [0.717, 1.165) is 5.56 Å². The molecule has 0 aliphatic heterocycles. The van der Waals surface area contributed by atoms with Crippen LogP contribution in [0.2, 0.25) is 0 Å². The molecule has 9 nitrogen and oxygen atoms in total. The van der Waals surface area contributed by atoms with E-state index in [2.05, 4.69) is 5.32 Å². The number of nitrogens with one attached hydrogen (secondary N) is 1. The molecule has 0 spiro atoms. The number of methoxy groups -OCH3 is 2. The molecular weight excluding hydrogens is 440 g/mol. The number of benzene rings is 3. The lowest BCUT2D eigenvalue weighted by Gasteiger charge is -2.15. The van der Waals surface area contributed by atoms with Gasteiger partial charge in [-0.1, -0.05) is 18.2 Å². The average molecular weight is 469 g/mol. The minimum atomic E-state index is -0.427. The third-order valence-corrected chi connectivity index (χ3v) is 4.83. The van der Waals surface area contributed by atoms with E-state index in [9.17, 15) is 10.1 Å². The molecule has 1 N–H and O–H groups in total. The van der Waals surface area contributed by atoms with E-state index in [1.165, 1.54) is 12.1 Å². The zero-order valence-corrected chi connectivity index (χ0v) is 19.2. The van der Waals surface area contributed by atoms with Gasteiger partial charge in [0, 0.05) is 25.2 Å². The summed E-state index contributed by atoms with van der Waals surface area (Å²) in [6.07, 6.45) is 0. The molecule has 0 heterocycles. The van der Waals surface area contributed by atoms with Crippen molar-refractivity contribution in [1.29, 1.82) is 0 Å². The minimum Gasteiger partial charge on any atom is -0.493 e. The summed E-state index contributed by atoms with van der Waals surface area (Å²) in [7, 11) is 3.18. The van der Waals surface area contributed by atoms with Gasteiger partial charge in [0.1, 0.15) is 19.8 Å². The number of nitro groups is 1. The molecule has 0 aromatic heterocycles. The van der Waals surface area contributed by atoms with Crippen molar-refractivity contribution in [2.75, 3.05) is 40.5 Å². The number of non-ortho nitro benzene ring substituents is 1. The van der Waals surface area contributed by atoms with E-state index in [1.807, 2.05) is 42.5 Å². The second-order valence-corrected chi connectivity index (χ2v) is 7.10. The van der Waals surface area contributed by atoms with Gasteiger partial charge in [0.15, 0.2) is 23.0 Å². The number of nitrogens with zero attached hydrogens (tertiary/aromatic N) is 1. The molecule has 0 atom stereocenters. The van der Waals surface area contributed by atoms with E-state index in [-0.39, 0.29) is 12.3 Å². The number of para-hydroxylation sites is 3. The van der Waals surface area contributed by atoms with Crippen LogP contribution in [0, 0.1) is 10.1 Å². The summed E-state index contributed by atoms with van der Waals surface area (Å²) in [5.74, 6) is 3.04. The third-order valence-electron chi connectivity index (χ3n) is 4.83.